The first kappa shape index (κ1) is 21.4. The number of halogens is 1. The molecule has 1 amide bonds. The summed E-state index contributed by atoms with van der Waals surface area (Å²) in [5, 5.41) is 16.1. The fourth-order valence-corrected chi connectivity index (χ4v) is 4.68. The average Bonchev–Trinajstić information content (AvgIpc) is 3.27. The number of hydrogen-bond donors (Lipinski definition) is 1. The number of rotatable bonds is 5. The quantitative estimate of drug-likeness (QED) is 0.223. The van der Waals surface area contributed by atoms with Crippen LogP contribution in [0.25, 0.3) is 32.5 Å². The molecular formula is C26H16FN3O3S. The van der Waals surface area contributed by atoms with Crippen LogP contribution in [0.4, 0.5) is 15.2 Å². The third kappa shape index (κ3) is 4.14. The van der Waals surface area contributed by atoms with Gasteiger partial charge >= 0.3 is 0 Å². The third-order valence-electron chi connectivity index (χ3n) is 5.34. The number of thiazole rings is 1. The molecule has 0 bridgehead atoms. The second-order valence-corrected chi connectivity index (χ2v) is 8.49. The predicted molar refractivity (Wildman–Crippen MR) is 131 cm³/mol. The Kier molecular flexibility index (Phi) is 5.57. The minimum atomic E-state index is -0.465. The highest BCUT2D eigenvalue weighted by molar-refractivity contribution is 7.19. The Labute approximate surface area is 197 Å². The highest BCUT2D eigenvalue weighted by atomic mass is 32.1. The van der Waals surface area contributed by atoms with Crippen LogP contribution in [0.2, 0.25) is 0 Å². The Hall–Kier alpha value is -4.43. The van der Waals surface area contributed by atoms with E-state index in [0.717, 1.165) is 10.8 Å². The molecule has 0 aliphatic heterocycles. The molecule has 8 heteroatoms. The molecule has 0 aliphatic rings. The second-order valence-electron chi connectivity index (χ2n) is 7.49. The number of nitro groups is 1. The molecule has 5 aromatic rings. The number of carbonyl (C=O) groups is 1. The lowest BCUT2D eigenvalue weighted by atomic mass is 10.0. The van der Waals surface area contributed by atoms with Crippen LogP contribution in [0.3, 0.4) is 0 Å². The Morgan fingerprint density at radius 2 is 1.56 bits per heavy atom. The standard InChI is InChI=1S/C26H16FN3O3S/c27-19-12-8-17(9-13-19)23-24(18-10-14-20(15-11-18)30(32)33)34-26(28-23)29-25(31)22-7-3-5-16-4-1-2-6-21(16)22/h1-15H,(H,28,29,31). The smallest absolute Gasteiger partial charge is 0.269 e. The molecule has 34 heavy (non-hydrogen) atoms. The van der Waals surface area contributed by atoms with E-state index in [-0.39, 0.29) is 17.4 Å². The topological polar surface area (TPSA) is 85.1 Å². The summed E-state index contributed by atoms with van der Waals surface area (Å²) in [5.41, 5.74) is 2.41. The van der Waals surface area contributed by atoms with E-state index in [9.17, 15) is 19.3 Å². The Morgan fingerprint density at radius 1 is 0.882 bits per heavy atom. The number of aromatic nitrogens is 1. The maximum atomic E-state index is 13.5. The van der Waals surface area contributed by atoms with E-state index < -0.39 is 4.92 Å². The highest BCUT2D eigenvalue weighted by Crippen LogP contribution is 2.39. The minimum Gasteiger partial charge on any atom is -0.298 e. The number of hydrogen-bond acceptors (Lipinski definition) is 5. The van der Waals surface area contributed by atoms with Crippen LogP contribution < -0.4 is 5.32 Å². The molecule has 0 saturated heterocycles. The van der Waals surface area contributed by atoms with Crippen LogP contribution in [0.1, 0.15) is 10.4 Å². The van der Waals surface area contributed by atoms with Crippen molar-refractivity contribution in [3.63, 3.8) is 0 Å². The van der Waals surface area contributed by atoms with Gasteiger partial charge in [-0.15, -0.1) is 0 Å². The van der Waals surface area contributed by atoms with E-state index in [1.54, 1.807) is 30.3 Å². The number of fused-ring (bicyclic) bond motifs is 1. The van der Waals surface area contributed by atoms with E-state index in [0.29, 0.717) is 32.4 Å². The Bertz CT molecular complexity index is 1520. The first-order chi connectivity index (χ1) is 16.5. The van der Waals surface area contributed by atoms with Crippen molar-refractivity contribution in [1.82, 2.24) is 4.98 Å². The molecule has 0 unspecified atom stereocenters. The van der Waals surface area contributed by atoms with Crippen LogP contribution in [0.15, 0.2) is 91.0 Å². The van der Waals surface area contributed by atoms with Crippen molar-refractivity contribution < 1.29 is 14.1 Å². The molecule has 1 aromatic heterocycles. The van der Waals surface area contributed by atoms with Crippen LogP contribution >= 0.6 is 11.3 Å². The molecule has 0 radical (unpaired) electrons. The molecule has 0 saturated carbocycles. The van der Waals surface area contributed by atoms with Gasteiger partial charge in [-0.25, -0.2) is 9.37 Å². The third-order valence-corrected chi connectivity index (χ3v) is 6.36. The summed E-state index contributed by atoms with van der Waals surface area (Å²) in [5.74, 6) is -0.674. The van der Waals surface area contributed by atoms with Crippen molar-refractivity contribution >= 4 is 38.8 Å². The molecule has 0 atom stereocenters. The summed E-state index contributed by atoms with van der Waals surface area (Å²) in [6.07, 6.45) is 0. The van der Waals surface area contributed by atoms with Crippen molar-refractivity contribution in [2.75, 3.05) is 5.32 Å². The van der Waals surface area contributed by atoms with Gasteiger partial charge in [-0.05, 0) is 58.8 Å². The van der Waals surface area contributed by atoms with Gasteiger partial charge in [0.15, 0.2) is 5.13 Å². The van der Waals surface area contributed by atoms with Gasteiger partial charge in [0.2, 0.25) is 0 Å². The summed E-state index contributed by atoms with van der Waals surface area (Å²) < 4.78 is 13.5. The fraction of sp³-hybridized carbons (Fsp3) is 0. The number of nitrogens with one attached hydrogen (secondary N) is 1. The number of nitro benzene ring substituents is 1. The normalized spacial score (nSPS) is 10.9. The zero-order valence-electron chi connectivity index (χ0n) is 17.6. The summed E-state index contributed by atoms with van der Waals surface area (Å²) in [6, 6.07) is 25.1. The van der Waals surface area contributed by atoms with Crippen LogP contribution in [0, 0.1) is 15.9 Å². The summed E-state index contributed by atoms with van der Waals surface area (Å²) in [4.78, 5) is 29.0. The minimum absolute atomic E-state index is 0.0268. The van der Waals surface area contributed by atoms with Gasteiger partial charge in [-0.1, -0.05) is 47.7 Å². The van der Waals surface area contributed by atoms with E-state index in [1.165, 1.54) is 35.6 Å². The SMILES string of the molecule is O=C(Nc1nc(-c2ccc(F)cc2)c(-c2ccc([N+](=O)[O-])cc2)s1)c1cccc2ccccc12. The lowest BCUT2D eigenvalue weighted by molar-refractivity contribution is -0.384. The molecule has 166 valence electrons. The van der Waals surface area contributed by atoms with Crippen molar-refractivity contribution in [3.8, 4) is 21.7 Å². The first-order valence-corrected chi connectivity index (χ1v) is 11.1. The Morgan fingerprint density at radius 3 is 2.29 bits per heavy atom. The van der Waals surface area contributed by atoms with Crippen molar-refractivity contribution in [1.29, 1.82) is 0 Å². The molecule has 0 aliphatic carbocycles. The van der Waals surface area contributed by atoms with E-state index in [4.69, 9.17) is 0 Å². The highest BCUT2D eigenvalue weighted by Gasteiger charge is 2.19. The molecule has 1 N–H and O–H groups in total. The van der Waals surface area contributed by atoms with Crippen molar-refractivity contribution in [2.45, 2.75) is 0 Å². The monoisotopic (exact) mass is 469 g/mol. The molecule has 0 spiro atoms. The second kappa shape index (κ2) is 8.84. The van der Waals surface area contributed by atoms with Crippen molar-refractivity contribution in [3.05, 3.63) is 112 Å². The molecule has 4 aromatic carbocycles. The van der Waals surface area contributed by atoms with E-state index in [2.05, 4.69) is 10.3 Å². The zero-order chi connectivity index (χ0) is 23.7. The molecule has 1 heterocycles. The van der Waals surface area contributed by atoms with Crippen LogP contribution in [0.5, 0.6) is 0 Å². The molecule has 6 nitrogen and oxygen atoms in total. The van der Waals surface area contributed by atoms with Crippen LogP contribution in [-0.4, -0.2) is 15.8 Å². The van der Waals surface area contributed by atoms with Gasteiger partial charge in [0.25, 0.3) is 11.6 Å². The largest absolute Gasteiger partial charge is 0.298 e. The number of benzene rings is 4. The van der Waals surface area contributed by atoms with Crippen LogP contribution in [-0.2, 0) is 0 Å². The number of carbonyl (C=O) groups excluding carboxylic acids is 1. The van der Waals surface area contributed by atoms with E-state index >= 15 is 0 Å². The summed E-state index contributed by atoms with van der Waals surface area (Å²) in [7, 11) is 0. The number of non-ortho nitro benzene ring substituents is 1. The lowest BCUT2D eigenvalue weighted by Gasteiger charge is -2.06. The summed E-state index contributed by atoms with van der Waals surface area (Å²) >= 11 is 1.25. The maximum Gasteiger partial charge on any atom is 0.269 e. The van der Waals surface area contributed by atoms with Gasteiger partial charge < -0.3 is 0 Å². The Balaban J connectivity index is 1.55. The molecule has 0 fully saturated rings. The van der Waals surface area contributed by atoms with Gasteiger partial charge in [0.1, 0.15) is 5.82 Å². The first-order valence-electron chi connectivity index (χ1n) is 10.3. The number of nitrogens with zero attached hydrogens (tertiary/aromatic N) is 2. The van der Waals surface area contributed by atoms with Gasteiger partial charge in [-0.3, -0.25) is 20.2 Å². The number of anilines is 1. The average molecular weight is 469 g/mol. The fourth-order valence-electron chi connectivity index (χ4n) is 3.70. The van der Waals surface area contributed by atoms with Gasteiger partial charge in [-0.2, -0.15) is 0 Å². The van der Waals surface area contributed by atoms with Crippen molar-refractivity contribution in [2.24, 2.45) is 0 Å². The van der Waals surface area contributed by atoms with Gasteiger partial charge in [0.05, 0.1) is 15.5 Å². The predicted octanol–water partition coefficient (Wildman–Crippen LogP) is 6.93. The molecular weight excluding hydrogens is 453 g/mol. The zero-order valence-corrected chi connectivity index (χ0v) is 18.4. The van der Waals surface area contributed by atoms with Gasteiger partial charge in [0, 0.05) is 23.3 Å². The summed E-state index contributed by atoms with van der Waals surface area (Å²) in [6.45, 7) is 0. The number of amides is 1. The van der Waals surface area contributed by atoms with E-state index in [1.807, 2.05) is 36.4 Å². The lowest BCUT2D eigenvalue weighted by Crippen LogP contribution is -2.12. The molecule has 5 rings (SSSR count). The maximum absolute atomic E-state index is 13.5.